The smallest absolute Gasteiger partial charge is 0.265 e. The monoisotopic (exact) mass is 216 g/mol. The largest absolute Gasteiger partial charge is 0.289 e. The highest BCUT2D eigenvalue weighted by Crippen LogP contribution is 2.16. The predicted octanol–water partition coefficient (Wildman–Crippen LogP) is 2.53. The lowest BCUT2D eigenvalue weighted by Gasteiger charge is -1.96. The van der Waals surface area contributed by atoms with Crippen LogP contribution in [0.15, 0.2) is 6.07 Å². The van der Waals surface area contributed by atoms with Crippen LogP contribution in [0.4, 0.5) is 26.3 Å². The molecule has 0 amide bonds. The molecule has 7 heteroatoms. The Morgan fingerprint density at radius 3 is 1.43 bits per heavy atom. The fourth-order valence-corrected chi connectivity index (χ4v) is 0.544. The molecule has 0 saturated heterocycles. The Balaban J connectivity index is 0.000000500. The van der Waals surface area contributed by atoms with E-state index in [2.05, 4.69) is 0 Å². The summed E-state index contributed by atoms with van der Waals surface area (Å²) in [5, 5.41) is 0. The van der Waals surface area contributed by atoms with Crippen molar-refractivity contribution >= 4 is 6.54 Å². The van der Waals surface area contributed by atoms with Crippen LogP contribution in [0.25, 0.3) is 0 Å². The summed E-state index contributed by atoms with van der Waals surface area (Å²) in [5.41, 5.74) is 0. The van der Waals surface area contributed by atoms with Gasteiger partial charge in [0, 0.05) is 6.07 Å². The van der Waals surface area contributed by atoms with Crippen molar-refractivity contribution in [2.45, 2.75) is 0 Å². The molecule has 0 aromatic heterocycles. The maximum atomic E-state index is 12.0. The van der Waals surface area contributed by atoms with Gasteiger partial charge in [-0.2, -0.15) is 4.39 Å². The molecule has 0 heterocycles. The van der Waals surface area contributed by atoms with E-state index in [0.717, 1.165) is 0 Å². The summed E-state index contributed by atoms with van der Waals surface area (Å²) in [4.78, 5) is 8.14. The molecule has 14 heavy (non-hydrogen) atoms. The molecule has 0 atom stereocenters. The highest BCUT2D eigenvalue weighted by atomic mass is 19.2. The molecule has 78 valence electrons. The maximum absolute atomic E-state index is 12.0. The first-order valence-electron chi connectivity index (χ1n) is 2.98. The molecule has 1 aromatic carbocycles. The van der Waals surface area contributed by atoms with E-state index in [4.69, 9.17) is 4.79 Å². The van der Waals surface area contributed by atoms with Crippen molar-refractivity contribution < 1.29 is 31.1 Å². The average Bonchev–Trinajstić information content (AvgIpc) is 2.13. The lowest BCUT2D eigenvalue weighted by atomic mass is 10.3. The molecule has 0 aliphatic heterocycles. The van der Waals surface area contributed by atoms with Gasteiger partial charge in [-0.15, -0.1) is 0 Å². The van der Waals surface area contributed by atoms with Gasteiger partial charge in [0.25, 0.3) is 6.54 Å². The van der Waals surface area contributed by atoms with Crippen LogP contribution in [0.1, 0.15) is 0 Å². The first-order chi connectivity index (χ1) is 6.45. The Kier molecular flexibility index (Phi) is 4.68. The molecule has 0 N–H and O–H groups in total. The third-order valence-corrected chi connectivity index (χ3v) is 1.06. The van der Waals surface area contributed by atoms with Crippen LogP contribution in [0.3, 0.4) is 0 Å². The minimum Gasteiger partial charge on any atom is -0.265 e. The molecule has 0 spiro atoms. The first kappa shape index (κ1) is 12.5. The normalized spacial score (nSPS) is 9.00. The van der Waals surface area contributed by atoms with Gasteiger partial charge in [0.2, 0.25) is 5.82 Å². The zero-order valence-electron chi connectivity index (χ0n) is 6.33. The third-order valence-electron chi connectivity index (χ3n) is 1.06. The van der Waals surface area contributed by atoms with E-state index < -0.39 is 35.6 Å². The Hall–Kier alpha value is -1.53. The number of benzene rings is 1. The van der Waals surface area contributed by atoms with Gasteiger partial charge < -0.3 is 0 Å². The maximum Gasteiger partial charge on any atom is 0.289 e. The summed E-state index contributed by atoms with van der Waals surface area (Å²) < 4.78 is 69.7. The van der Waals surface area contributed by atoms with Crippen LogP contribution >= 0.6 is 0 Å². The number of hydrogen-bond donors (Lipinski definition) is 0. The second-order valence-corrected chi connectivity index (χ2v) is 1.87. The summed E-state index contributed by atoms with van der Waals surface area (Å²) in [5.74, 6) is -9.65. The van der Waals surface area contributed by atoms with Crippen molar-refractivity contribution in [3.63, 3.8) is 0 Å². The van der Waals surface area contributed by atoms with Crippen molar-refractivity contribution in [1.82, 2.24) is 0 Å². The van der Waals surface area contributed by atoms with E-state index in [-0.39, 0.29) is 6.07 Å². The second kappa shape index (κ2) is 5.25. The van der Waals surface area contributed by atoms with Crippen molar-refractivity contribution in [3.8, 4) is 0 Å². The highest BCUT2D eigenvalue weighted by molar-refractivity contribution is 5.35. The van der Waals surface area contributed by atoms with Crippen LogP contribution in [0, 0.1) is 29.1 Å². The molecular weight excluding hydrogens is 214 g/mol. The molecule has 0 radical (unpaired) electrons. The molecule has 1 nitrogen and oxygen atoms in total. The fraction of sp³-hybridized carbons (Fsp3) is 0. The van der Waals surface area contributed by atoms with Crippen LogP contribution in [0.5, 0.6) is 0 Å². The van der Waals surface area contributed by atoms with Gasteiger partial charge in [-0.3, -0.25) is 4.79 Å². The zero-order valence-corrected chi connectivity index (χ0v) is 6.33. The molecule has 0 aliphatic carbocycles. The number of rotatable bonds is 0. The van der Waals surface area contributed by atoms with Gasteiger partial charge in [-0.05, 0) is 0 Å². The molecule has 0 aliphatic rings. The molecule has 0 bridgehead atoms. The van der Waals surface area contributed by atoms with Gasteiger partial charge in [0.15, 0.2) is 23.3 Å². The Bertz CT molecular complexity index is 311. The Labute approximate surface area is 74.0 Å². The van der Waals surface area contributed by atoms with Crippen molar-refractivity contribution in [3.05, 3.63) is 35.2 Å². The Morgan fingerprint density at radius 2 is 1.14 bits per heavy atom. The van der Waals surface area contributed by atoms with Crippen molar-refractivity contribution in [2.24, 2.45) is 0 Å². The third kappa shape index (κ3) is 2.75. The SMILES string of the molecule is Fc1cc(F)c(F)c(F)c1F.O=CF. The van der Waals surface area contributed by atoms with Crippen LogP contribution in [0.2, 0.25) is 0 Å². The minimum atomic E-state index is -2.14. The van der Waals surface area contributed by atoms with E-state index in [9.17, 15) is 26.3 Å². The Morgan fingerprint density at radius 1 is 0.857 bits per heavy atom. The molecule has 1 aromatic rings. The van der Waals surface area contributed by atoms with Crippen molar-refractivity contribution in [1.29, 1.82) is 0 Å². The topological polar surface area (TPSA) is 17.1 Å². The average molecular weight is 216 g/mol. The van der Waals surface area contributed by atoms with Gasteiger partial charge in [0.05, 0.1) is 0 Å². The first-order valence-corrected chi connectivity index (χ1v) is 2.98. The summed E-state index contributed by atoms with van der Waals surface area (Å²) in [6.07, 6.45) is 0. The number of hydrogen-bond acceptors (Lipinski definition) is 1. The van der Waals surface area contributed by atoms with Gasteiger partial charge in [0.1, 0.15) is 0 Å². The lowest BCUT2D eigenvalue weighted by molar-refractivity contribution is 0.378. The summed E-state index contributed by atoms with van der Waals surface area (Å²) in [6.45, 7) is -0.750. The summed E-state index contributed by atoms with van der Waals surface area (Å²) in [6, 6.07) is -0.0618. The highest BCUT2D eigenvalue weighted by Gasteiger charge is 2.18. The summed E-state index contributed by atoms with van der Waals surface area (Å²) >= 11 is 0. The summed E-state index contributed by atoms with van der Waals surface area (Å²) in [7, 11) is 0. The standard InChI is InChI=1S/C6HF5.CHFO/c7-2-1-3(8)5(10)6(11)4(2)9;2-1-3/h1H;1H. The quantitative estimate of drug-likeness (QED) is 0.214. The van der Waals surface area contributed by atoms with Crippen LogP contribution in [-0.4, -0.2) is 6.54 Å². The van der Waals surface area contributed by atoms with E-state index in [1.54, 1.807) is 0 Å². The van der Waals surface area contributed by atoms with E-state index in [1.807, 2.05) is 0 Å². The van der Waals surface area contributed by atoms with Crippen LogP contribution < -0.4 is 0 Å². The van der Waals surface area contributed by atoms with Gasteiger partial charge >= 0.3 is 0 Å². The van der Waals surface area contributed by atoms with Crippen LogP contribution in [-0.2, 0) is 4.79 Å². The molecule has 0 unspecified atom stereocenters. The molecular formula is C7H2F6O. The fourth-order valence-electron chi connectivity index (χ4n) is 0.544. The van der Waals surface area contributed by atoms with E-state index in [0.29, 0.717) is 0 Å². The van der Waals surface area contributed by atoms with Gasteiger partial charge in [-0.1, -0.05) is 0 Å². The minimum absolute atomic E-state index is 0.0618. The number of halogens is 6. The molecule has 0 fully saturated rings. The predicted molar refractivity (Wildman–Crippen MR) is 34.1 cm³/mol. The van der Waals surface area contributed by atoms with Gasteiger partial charge in [-0.25, -0.2) is 22.0 Å². The van der Waals surface area contributed by atoms with E-state index in [1.165, 1.54) is 0 Å². The number of carbonyl (C=O) groups is 1. The molecule has 1 rings (SSSR count). The zero-order chi connectivity index (χ0) is 11.3. The second-order valence-electron chi connectivity index (χ2n) is 1.87. The van der Waals surface area contributed by atoms with E-state index >= 15 is 0 Å². The number of carbonyl (C=O) groups excluding carboxylic acids is 1. The molecule has 0 saturated carbocycles. The van der Waals surface area contributed by atoms with Crippen molar-refractivity contribution in [2.75, 3.05) is 0 Å². The lowest BCUT2D eigenvalue weighted by Crippen LogP contribution is -1.98.